The highest BCUT2D eigenvalue weighted by Gasteiger charge is 2.36. The van der Waals surface area contributed by atoms with Crippen LogP contribution in [0.5, 0.6) is 0 Å². The van der Waals surface area contributed by atoms with Gasteiger partial charge in [0.2, 0.25) is 10.0 Å². The van der Waals surface area contributed by atoms with Gasteiger partial charge in [-0.3, -0.25) is 9.10 Å². The van der Waals surface area contributed by atoms with E-state index in [9.17, 15) is 21.6 Å². The molecule has 0 spiro atoms. The smallest absolute Gasteiger partial charge is 0.264 e. The highest BCUT2D eigenvalue weighted by atomic mass is 35.5. The Balaban J connectivity index is 1.63. The highest BCUT2D eigenvalue weighted by molar-refractivity contribution is 7.93. The van der Waals surface area contributed by atoms with Crippen molar-refractivity contribution in [3.63, 3.8) is 0 Å². The van der Waals surface area contributed by atoms with Crippen molar-refractivity contribution in [2.24, 2.45) is 0 Å². The number of carbonyl (C=O) groups excluding carboxylic acids is 1. The van der Waals surface area contributed by atoms with Gasteiger partial charge in [-0.05, 0) is 61.4 Å². The molecule has 3 aromatic carbocycles. The van der Waals surface area contributed by atoms with E-state index in [4.69, 9.17) is 11.6 Å². The van der Waals surface area contributed by atoms with Gasteiger partial charge in [0.05, 0.1) is 26.2 Å². The van der Waals surface area contributed by atoms with Gasteiger partial charge >= 0.3 is 0 Å². The summed E-state index contributed by atoms with van der Waals surface area (Å²) in [6.07, 6.45) is 0.598. The van der Waals surface area contributed by atoms with Gasteiger partial charge in [0.1, 0.15) is 0 Å². The lowest BCUT2D eigenvalue weighted by Gasteiger charge is -2.24. The Morgan fingerprint density at radius 3 is 2.38 bits per heavy atom. The van der Waals surface area contributed by atoms with E-state index in [0.717, 1.165) is 5.56 Å². The van der Waals surface area contributed by atoms with E-state index in [1.807, 2.05) is 19.1 Å². The molecule has 1 aliphatic heterocycles. The molecule has 8 nitrogen and oxygen atoms in total. The Kier molecular flexibility index (Phi) is 7.66. The van der Waals surface area contributed by atoms with Crippen LogP contribution in [0.2, 0.25) is 5.02 Å². The molecule has 1 atom stereocenters. The van der Waals surface area contributed by atoms with Crippen LogP contribution in [-0.2, 0) is 26.5 Å². The SMILES string of the molecule is CCN(CC)S(=O)(=O)c1ccc(Cl)c(NC(=O)c2cccc(S(=O)(=O)N3c4ccccc4C[C@H]3C)c2)c1. The maximum atomic E-state index is 13.6. The Morgan fingerprint density at radius 1 is 0.973 bits per heavy atom. The summed E-state index contributed by atoms with van der Waals surface area (Å²) in [5.74, 6) is -0.619. The number of nitrogens with one attached hydrogen (secondary N) is 1. The van der Waals surface area contributed by atoms with Gasteiger partial charge in [0.15, 0.2) is 0 Å². The van der Waals surface area contributed by atoms with Gasteiger partial charge in [0, 0.05) is 24.7 Å². The van der Waals surface area contributed by atoms with Crippen molar-refractivity contribution in [2.75, 3.05) is 22.7 Å². The third-order valence-electron chi connectivity index (χ3n) is 6.33. The Labute approximate surface area is 223 Å². The lowest BCUT2D eigenvalue weighted by atomic mass is 10.1. The molecule has 196 valence electrons. The Morgan fingerprint density at radius 2 is 1.68 bits per heavy atom. The molecule has 0 aliphatic carbocycles. The molecule has 37 heavy (non-hydrogen) atoms. The van der Waals surface area contributed by atoms with Crippen molar-refractivity contribution in [2.45, 2.75) is 43.0 Å². The maximum absolute atomic E-state index is 13.6. The monoisotopic (exact) mass is 561 g/mol. The van der Waals surface area contributed by atoms with Crippen molar-refractivity contribution in [1.29, 1.82) is 0 Å². The molecule has 4 rings (SSSR count). The van der Waals surface area contributed by atoms with Crippen LogP contribution in [0.25, 0.3) is 0 Å². The number of sulfonamides is 2. The summed E-state index contributed by atoms with van der Waals surface area (Å²) in [6.45, 7) is 5.91. The number of hydrogen-bond acceptors (Lipinski definition) is 5. The van der Waals surface area contributed by atoms with E-state index in [0.29, 0.717) is 25.2 Å². The van der Waals surface area contributed by atoms with Crippen LogP contribution in [0, 0.1) is 0 Å². The molecule has 11 heteroatoms. The molecule has 0 fully saturated rings. The Bertz CT molecular complexity index is 1550. The molecular weight excluding hydrogens is 534 g/mol. The molecule has 0 unspecified atom stereocenters. The first-order valence-electron chi connectivity index (χ1n) is 11.8. The summed E-state index contributed by atoms with van der Waals surface area (Å²) in [5, 5.41) is 2.78. The second-order valence-electron chi connectivity index (χ2n) is 8.70. The van der Waals surface area contributed by atoms with Crippen LogP contribution in [0.15, 0.2) is 76.5 Å². The molecule has 0 aromatic heterocycles. The first-order chi connectivity index (χ1) is 17.5. The van der Waals surface area contributed by atoms with Crippen LogP contribution in [0.1, 0.15) is 36.7 Å². The minimum absolute atomic E-state index is 0.00563. The van der Waals surface area contributed by atoms with Crippen LogP contribution in [-0.4, -0.2) is 46.2 Å². The molecule has 1 aliphatic rings. The molecule has 0 bridgehead atoms. The van der Waals surface area contributed by atoms with E-state index < -0.39 is 26.0 Å². The maximum Gasteiger partial charge on any atom is 0.264 e. The molecule has 1 amide bonds. The topological polar surface area (TPSA) is 104 Å². The first kappa shape index (κ1) is 27.1. The number of fused-ring (bicyclic) bond motifs is 1. The van der Waals surface area contributed by atoms with Crippen LogP contribution in [0.3, 0.4) is 0 Å². The van der Waals surface area contributed by atoms with Gasteiger partial charge < -0.3 is 5.32 Å². The average Bonchev–Trinajstić information content (AvgIpc) is 3.22. The lowest BCUT2D eigenvalue weighted by molar-refractivity contribution is 0.102. The second kappa shape index (κ2) is 10.4. The fourth-order valence-corrected chi connectivity index (χ4v) is 7.87. The summed E-state index contributed by atoms with van der Waals surface area (Å²) in [6, 6.07) is 16.9. The third kappa shape index (κ3) is 5.11. The summed E-state index contributed by atoms with van der Waals surface area (Å²) in [5.41, 5.74) is 1.77. The number of rotatable bonds is 8. The molecule has 0 saturated carbocycles. The van der Waals surface area contributed by atoms with Crippen molar-refractivity contribution < 1.29 is 21.6 Å². The van der Waals surface area contributed by atoms with Crippen molar-refractivity contribution >= 4 is 48.9 Å². The lowest BCUT2D eigenvalue weighted by Crippen LogP contribution is -2.35. The fraction of sp³-hybridized carbons (Fsp3) is 0.269. The third-order valence-corrected chi connectivity index (χ3v) is 10.6. The number of para-hydroxylation sites is 1. The quantitative estimate of drug-likeness (QED) is 0.427. The van der Waals surface area contributed by atoms with Crippen molar-refractivity contribution in [1.82, 2.24) is 4.31 Å². The number of hydrogen-bond donors (Lipinski definition) is 1. The number of amides is 1. The standard InChI is InChI=1S/C26H28ClN3O5S2/c1-4-29(5-2)36(32,33)22-13-14-23(27)24(17-22)28-26(31)20-10-8-11-21(16-20)37(34,35)30-18(3)15-19-9-6-7-12-25(19)30/h6-14,16-18H,4-5,15H2,1-3H3,(H,28,31)/t18-/m1/s1. The summed E-state index contributed by atoms with van der Waals surface area (Å²) >= 11 is 6.25. The van der Waals surface area contributed by atoms with Crippen LogP contribution >= 0.6 is 11.6 Å². The first-order valence-corrected chi connectivity index (χ1v) is 15.1. The molecule has 0 saturated heterocycles. The van der Waals surface area contributed by atoms with Crippen LogP contribution < -0.4 is 9.62 Å². The normalized spacial score (nSPS) is 15.6. The average molecular weight is 562 g/mol. The predicted molar refractivity (Wildman–Crippen MR) is 145 cm³/mol. The zero-order chi connectivity index (χ0) is 27.0. The predicted octanol–water partition coefficient (Wildman–Crippen LogP) is 4.76. The summed E-state index contributed by atoms with van der Waals surface area (Å²) in [7, 11) is -7.70. The molecular formula is C26H28ClN3O5S2. The van der Waals surface area contributed by atoms with E-state index >= 15 is 0 Å². The fourth-order valence-electron chi connectivity index (χ4n) is 4.48. The van der Waals surface area contributed by atoms with Crippen LogP contribution in [0.4, 0.5) is 11.4 Å². The van der Waals surface area contributed by atoms with Gasteiger partial charge in [-0.1, -0.05) is 49.7 Å². The minimum atomic E-state index is -3.94. The van der Waals surface area contributed by atoms with Crippen molar-refractivity contribution in [3.05, 3.63) is 82.9 Å². The number of anilines is 2. The summed E-state index contributed by atoms with van der Waals surface area (Å²) < 4.78 is 55.6. The van der Waals surface area contributed by atoms with Gasteiger partial charge in [-0.25, -0.2) is 16.8 Å². The molecule has 0 radical (unpaired) electrons. The van der Waals surface area contributed by atoms with E-state index in [1.165, 1.54) is 51.1 Å². The number of halogens is 1. The molecule has 3 aromatic rings. The van der Waals surface area contributed by atoms with E-state index in [1.54, 1.807) is 26.0 Å². The largest absolute Gasteiger partial charge is 0.321 e. The zero-order valence-electron chi connectivity index (χ0n) is 20.7. The number of benzene rings is 3. The molecule has 1 N–H and O–H groups in total. The van der Waals surface area contributed by atoms with E-state index in [2.05, 4.69) is 5.32 Å². The number of carbonyl (C=O) groups is 1. The minimum Gasteiger partial charge on any atom is -0.321 e. The van der Waals surface area contributed by atoms with Gasteiger partial charge in [-0.15, -0.1) is 0 Å². The van der Waals surface area contributed by atoms with Gasteiger partial charge in [-0.2, -0.15) is 4.31 Å². The summed E-state index contributed by atoms with van der Waals surface area (Å²) in [4.78, 5) is 13.1. The zero-order valence-corrected chi connectivity index (χ0v) is 23.1. The van der Waals surface area contributed by atoms with Crippen molar-refractivity contribution in [3.8, 4) is 0 Å². The van der Waals surface area contributed by atoms with E-state index in [-0.39, 0.29) is 32.1 Å². The Hall–Kier alpha value is -2.92. The highest BCUT2D eigenvalue weighted by Crippen LogP contribution is 2.36. The van der Waals surface area contributed by atoms with Gasteiger partial charge in [0.25, 0.3) is 15.9 Å². The number of nitrogens with zero attached hydrogens (tertiary/aromatic N) is 2. The second-order valence-corrected chi connectivity index (χ2v) is 12.9. The molecule has 1 heterocycles.